The Kier molecular flexibility index (Phi) is 6.78. The van der Waals surface area contributed by atoms with Gasteiger partial charge in [-0.3, -0.25) is 0 Å². The van der Waals surface area contributed by atoms with Gasteiger partial charge in [0.15, 0.2) is 5.58 Å². The van der Waals surface area contributed by atoms with Gasteiger partial charge in [-0.15, -0.1) is 0 Å². The highest BCUT2D eigenvalue weighted by Gasteiger charge is 2.24. The third kappa shape index (κ3) is 4.72. The first-order valence-corrected chi connectivity index (χ1v) is 17.2. The Bertz CT molecular complexity index is 2850. The van der Waals surface area contributed by atoms with E-state index in [1.807, 2.05) is 36.4 Å². The maximum Gasteiger partial charge on any atom is 0.227 e. The molecule has 8 aromatic carbocycles. The van der Waals surface area contributed by atoms with Crippen molar-refractivity contribution in [3.63, 3.8) is 0 Å². The van der Waals surface area contributed by atoms with Crippen LogP contribution in [0.5, 0.6) is 0 Å². The third-order valence-electron chi connectivity index (χ3n) is 9.79. The zero-order valence-corrected chi connectivity index (χ0v) is 27.6. The van der Waals surface area contributed by atoms with Gasteiger partial charge < -0.3 is 13.9 Å². The summed E-state index contributed by atoms with van der Waals surface area (Å²) in [5, 5.41) is 4.76. The normalized spacial score (nSPS) is 11.5. The Morgan fingerprint density at radius 1 is 0.471 bits per heavy atom. The molecule has 0 spiro atoms. The highest BCUT2D eigenvalue weighted by Crippen LogP contribution is 2.48. The van der Waals surface area contributed by atoms with Gasteiger partial charge in [0, 0.05) is 49.6 Å². The molecular weight excluding hydrogens is 623 g/mol. The molecule has 0 N–H and O–H groups in total. The molecule has 4 heteroatoms. The molecule has 0 aliphatic heterocycles. The number of fused-ring (bicyclic) bond motifs is 6. The van der Waals surface area contributed by atoms with Crippen molar-refractivity contribution in [2.24, 2.45) is 0 Å². The van der Waals surface area contributed by atoms with Crippen LogP contribution in [0.1, 0.15) is 0 Å². The maximum atomic E-state index is 6.57. The predicted molar refractivity (Wildman–Crippen MR) is 211 cm³/mol. The number of anilines is 3. The molecule has 0 saturated heterocycles. The second-order valence-electron chi connectivity index (χ2n) is 12.8. The summed E-state index contributed by atoms with van der Waals surface area (Å²) in [4.78, 5) is 7.31. The highest BCUT2D eigenvalue weighted by atomic mass is 16.3. The fourth-order valence-corrected chi connectivity index (χ4v) is 7.58. The minimum atomic E-state index is 0.613. The summed E-state index contributed by atoms with van der Waals surface area (Å²) < 4.78 is 8.98. The van der Waals surface area contributed by atoms with Crippen molar-refractivity contribution in [3.05, 3.63) is 188 Å². The van der Waals surface area contributed by atoms with E-state index in [4.69, 9.17) is 9.40 Å². The number of oxazole rings is 1. The lowest BCUT2D eigenvalue weighted by Gasteiger charge is -2.29. The molecule has 4 nitrogen and oxygen atoms in total. The lowest BCUT2D eigenvalue weighted by molar-refractivity contribution is 0.621. The van der Waals surface area contributed by atoms with E-state index in [2.05, 4.69) is 161 Å². The second-order valence-corrected chi connectivity index (χ2v) is 12.8. The molecule has 51 heavy (non-hydrogen) atoms. The van der Waals surface area contributed by atoms with Crippen LogP contribution in [0, 0.1) is 0 Å². The van der Waals surface area contributed by atoms with E-state index in [-0.39, 0.29) is 0 Å². The van der Waals surface area contributed by atoms with Gasteiger partial charge in [0.1, 0.15) is 5.52 Å². The van der Waals surface area contributed by atoms with Gasteiger partial charge in [-0.05, 0) is 60.7 Å². The van der Waals surface area contributed by atoms with Crippen molar-refractivity contribution in [2.45, 2.75) is 0 Å². The van der Waals surface area contributed by atoms with Crippen LogP contribution < -0.4 is 4.90 Å². The minimum absolute atomic E-state index is 0.613. The van der Waals surface area contributed by atoms with Crippen LogP contribution >= 0.6 is 0 Å². The average Bonchev–Trinajstić information content (AvgIpc) is 3.80. The molecule has 0 fully saturated rings. The first kappa shape index (κ1) is 29.0. The van der Waals surface area contributed by atoms with Crippen LogP contribution in [-0.2, 0) is 0 Å². The number of benzene rings is 8. The fraction of sp³-hybridized carbons (Fsp3) is 0. The lowest BCUT2D eigenvalue weighted by atomic mass is 9.98. The quantitative estimate of drug-likeness (QED) is 0.179. The number of hydrogen-bond donors (Lipinski definition) is 0. The van der Waals surface area contributed by atoms with E-state index in [9.17, 15) is 0 Å². The zero-order valence-electron chi connectivity index (χ0n) is 27.6. The second kappa shape index (κ2) is 11.9. The highest BCUT2D eigenvalue weighted by molar-refractivity contribution is 6.22. The molecule has 0 unspecified atom stereocenters. The molecule has 0 aliphatic carbocycles. The van der Waals surface area contributed by atoms with Gasteiger partial charge in [-0.2, -0.15) is 0 Å². The van der Waals surface area contributed by atoms with Crippen molar-refractivity contribution >= 4 is 60.7 Å². The van der Waals surface area contributed by atoms with E-state index in [0.29, 0.717) is 5.89 Å². The van der Waals surface area contributed by atoms with Crippen molar-refractivity contribution in [2.75, 3.05) is 4.90 Å². The van der Waals surface area contributed by atoms with Gasteiger partial charge in [0.2, 0.25) is 5.89 Å². The van der Waals surface area contributed by atoms with Crippen LogP contribution in [0.3, 0.4) is 0 Å². The first-order chi connectivity index (χ1) is 25.3. The fourth-order valence-electron chi connectivity index (χ4n) is 7.58. The molecule has 0 radical (unpaired) electrons. The Balaban J connectivity index is 1.27. The van der Waals surface area contributed by atoms with E-state index >= 15 is 0 Å². The number of rotatable bonds is 6. The molecule has 10 rings (SSSR count). The van der Waals surface area contributed by atoms with E-state index in [1.54, 1.807) is 0 Å². The van der Waals surface area contributed by atoms with Gasteiger partial charge >= 0.3 is 0 Å². The number of hydrogen-bond acceptors (Lipinski definition) is 3. The van der Waals surface area contributed by atoms with E-state index < -0.39 is 0 Å². The summed E-state index contributed by atoms with van der Waals surface area (Å²) >= 11 is 0. The Hall–Kier alpha value is -6.91. The summed E-state index contributed by atoms with van der Waals surface area (Å²) in [6.45, 7) is 0. The molecule has 0 atom stereocenters. The van der Waals surface area contributed by atoms with Gasteiger partial charge in [-0.1, -0.05) is 127 Å². The molecule has 2 aromatic heterocycles. The largest absolute Gasteiger partial charge is 0.435 e. The molecule has 0 amide bonds. The smallest absolute Gasteiger partial charge is 0.227 e. The Morgan fingerprint density at radius 3 is 1.90 bits per heavy atom. The summed E-state index contributed by atoms with van der Waals surface area (Å²) in [6.07, 6.45) is 0. The van der Waals surface area contributed by atoms with Crippen LogP contribution in [0.15, 0.2) is 192 Å². The minimum Gasteiger partial charge on any atom is -0.435 e. The lowest BCUT2D eigenvalue weighted by Crippen LogP contribution is -2.12. The predicted octanol–water partition coefficient (Wildman–Crippen LogP) is 12.9. The first-order valence-electron chi connectivity index (χ1n) is 17.2. The monoisotopic (exact) mass is 653 g/mol. The zero-order chi connectivity index (χ0) is 33.7. The molecule has 2 heterocycles. The van der Waals surface area contributed by atoms with Gasteiger partial charge in [0.25, 0.3) is 0 Å². The van der Waals surface area contributed by atoms with Crippen LogP contribution in [-0.4, -0.2) is 9.55 Å². The number of aromatic nitrogens is 2. The van der Waals surface area contributed by atoms with Gasteiger partial charge in [0.05, 0.1) is 22.4 Å². The van der Waals surface area contributed by atoms with Gasteiger partial charge in [-0.25, -0.2) is 4.98 Å². The Labute approximate surface area is 295 Å². The molecule has 10 aromatic rings. The maximum absolute atomic E-state index is 6.57. The van der Waals surface area contributed by atoms with E-state index in [1.165, 1.54) is 27.2 Å². The molecule has 0 saturated carbocycles. The van der Waals surface area contributed by atoms with Crippen LogP contribution in [0.2, 0.25) is 0 Å². The third-order valence-corrected chi connectivity index (χ3v) is 9.79. The molecule has 0 aliphatic rings. The number of nitrogens with zero attached hydrogens (tertiary/aromatic N) is 3. The summed E-state index contributed by atoms with van der Waals surface area (Å²) in [6, 6.07) is 66.2. The average molecular weight is 654 g/mol. The Morgan fingerprint density at radius 2 is 1.10 bits per heavy atom. The van der Waals surface area contributed by atoms with Crippen molar-refractivity contribution in [3.8, 4) is 28.3 Å². The van der Waals surface area contributed by atoms with Crippen LogP contribution in [0.4, 0.5) is 17.1 Å². The SMILES string of the molecule is c1ccc(-c2nc3cccc(-c4ccccc4N(c4ccccc4)c4cc5c6ccccc6n(-c6ccccc6)c5c5ccccc45)c3o2)cc1. The molecule has 0 bridgehead atoms. The molecular formula is C47H31N3O. The van der Waals surface area contributed by atoms with Crippen molar-refractivity contribution in [1.82, 2.24) is 9.55 Å². The summed E-state index contributed by atoms with van der Waals surface area (Å²) in [5.41, 5.74) is 11.3. The summed E-state index contributed by atoms with van der Waals surface area (Å²) in [7, 11) is 0. The standard InChI is InChI=1S/C47H31N3O/c1-4-17-32(18-5-1)47-48-41-28-16-27-39(46(41)51-47)36-24-12-14-29-42(36)49(33-19-6-2-7-20-33)44-31-40-37-25-13-15-30-43(37)50(34-21-8-3-9-22-34)45(40)38-26-11-10-23-35(38)44/h1-31H. The summed E-state index contributed by atoms with van der Waals surface area (Å²) in [5.74, 6) is 0.613. The molecule has 240 valence electrons. The topological polar surface area (TPSA) is 34.2 Å². The van der Waals surface area contributed by atoms with Crippen molar-refractivity contribution < 1.29 is 4.42 Å². The van der Waals surface area contributed by atoms with E-state index in [0.717, 1.165) is 55.9 Å². The van der Waals surface area contributed by atoms with Crippen molar-refractivity contribution in [1.29, 1.82) is 0 Å². The number of para-hydroxylation sites is 5. The van der Waals surface area contributed by atoms with Crippen LogP contribution in [0.25, 0.3) is 71.9 Å².